The van der Waals surface area contributed by atoms with Crippen molar-refractivity contribution in [2.75, 3.05) is 5.75 Å². The highest BCUT2D eigenvalue weighted by Crippen LogP contribution is 2.29. The zero-order valence-electron chi connectivity index (χ0n) is 7.50. The van der Waals surface area contributed by atoms with Gasteiger partial charge < -0.3 is 0 Å². The van der Waals surface area contributed by atoms with Crippen molar-refractivity contribution in [2.45, 2.75) is 5.51 Å². The molecule has 0 nitrogen and oxygen atoms in total. The third-order valence-corrected chi connectivity index (χ3v) is 1.76. The largest absolute Gasteiger partial charge is 0.442 e. The second kappa shape index (κ2) is 7.50. The Hall–Kier alpha value is -0.900. The van der Waals surface area contributed by atoms with Crippen LogP contribution in [0.1, 0.15) is 0 Å². The Morgan fingerprint density at radius 1 is 1.00 bits per heavy atom. The molecular formula is C10H11F3S. The summed E-state index contributed by atoms with van der Waals surface area (Å²) < 4.78 is 33.5. The normalized spacial score (nSPS) is 9.93. The van der Waals surface area contributed by atoms with Crippen LogP contribution in [0.3, 0.4) is 0 Å². The van der Waals surface area contributed by atoms with Gasteiger partial charge in [-0.05, 0) is 11.8 Å². The van der Waals surface area contributed by atoms with Crippen molar-refractivity contribution in [1.29, 1.82) is 0 Å². The molecule has 0 amide bonds. The highest BCUT2D eigenvalue weighted by molar-refractivity contribution is 8.00. The van der Waals surface area contributed by atoms with E-state index in [0.29, 0.717) is 0 Å². The maximum absolute atomic E-state index is 11.2. The number of rotatable bonds is 2. The average Bonchev–Trinajstić information content (AvgIpc) is 2.17. The maximum atomic E-state index is 11.2. The van der Waals surface area contributed by atoms with E-state index in [4.69, 9.17) is 0 Å². The highest BCUT2D eigenvalue weighted by Gasteiger charge is 2.26. The first kappa shape index (κ1) is 13.1. The third-order valence-electron chi connectivity index (χ3n) is 1.03. The van der Waals surface area contributed by atoms with Crippen molar-refractivity contribution >= 4 is 11.8 Å². The van der Waals surface area contributed by atoms with Gasteiger partial charge >= 0.3 is 5.51 Å². The molecule has 0 N–H and O–H groups in total. The quantitative estimate of drug-likeness (QED) is 0.676. The lowest BCUT2D eigenvalue weighted by molar-refractivity contribution is -0.0326. The van der Waals surface area contributed by atoms with Gasteiger partial charge in [-0.3, -0.25) is 0 Å². The van der Waals surface area contributed by atoms with E-state index in [1.165, 1.54) is 6.08 Å². The van der Waals surface area contributed by atoms with Crippen molar-refractivity contribution in [3.05, 3.63) is 49.1 Å². The summed E-state index contributed by atoms with van der Waals surface area (Å²) in [6.07, 6.45) is 1.22. The molecule has 0 heterocycles. The van der Waals surface area contributed by atoms with Crippen molar-refractivity contribution in [3.63, 3.8) is 0 Å². The first-order valence-corrected chi connectivity index (χ1v) is 4.86. The second-order valence-electron chi connectivity index (χ2n) is 2.20. The van der Waals surface area contributed by atoms with Crippen LogP contribution in [0.15, 0.2) is 49.1 Å². The van der Waals surface area contributed by atoms with Gasteiger partial charge in [0.15, 0.2) is 0 Å². The molecule has 1 aromatic rings. The molecule has 0 unspecified atom stereocenters. The van der Waals surface area contributed by atoms with Crippen LogP contribution in [0.2, 0.25) is 0 Å². The van der Waals surface area contributed by atoms with Gasteiger partial charge in [0.2, 0.25) is 0 Å². The summed E-state index contributed by atoms with van der Waals surface area (Å²) in [5.41, 5.74) is -4.10. The van der Waals surface area contributed by atoms with E-state index in [1.54, 1.807) is 0 Å². The standard InChI is InChI=1S/C6H6.C4H5F3S/c1-2-4-6-5-3-1;1-2-3-8-4(5,6)7/h1-6H;2H,1,3H2. The molecule has 1 aromatic carbocycles. The fourth-order valence-corrected chi connectivity index (χ4v) is 0.845. The zero-order chi connectivity index (χ0) is 10.9. The fourth-order valence-electron chi connectivity index (χ4n) is 0.538. The summed E-state index contributed by atoms with van der Waals surface area (Å²) in [5, 5.41) is 0. The minimum Gasteiger partial charge on any atom is -0.160 e. The molecule has 1 rings (SSSR count). The smallest absolute Gasteiger partial charge is 0.160 e. The maximum Gasteiger partial charge on any atom is 0.442 e. The summed E-state index contributed by atoms with van der Waals surface area (Å²) >= 11 is -0.0845. The molecule has 0 atom stereocenters. The van der Waals surface area contributed by atoms with Crippen molar-refractivity contribution in [2.24, 2.45) is 0 Å². The lowest BCUT2D eigenvalue weighted by Crippen LogP contribution is -1.99. The average molecular weight is 220 g/mol. The minimum atomic E-state index is -4.10. The number of alkyl halides is 3. The van der Waals surface area contributed by atoms with Crippen molar-refractivity contribution < 1.29 is 13.2 Å². The third kappa shape index (κ3) is 11.1. The Morgan fingerprint density at radius 3 is 1.50 bits per heavy atom. The van der Waals surface area contributed by atoms with E-state index >= 15 is 0 Å². The van der Waals surface area contributed by atoms with Gasteiger partial charge in [-0.2, -0.15) is 13.2 Å². The van der Waals surface area contributed by atoms with Gasteiger partial charge in [0, 0.05) is 5.75 Å². The van der Waals surface area contributed by atoms with E-state index in [-0.39, 0.29) is 17.5 Å². The van der Waals surface area contributed by atoms with E-state index < -0.39 is 5.51 Å². The zero-order valence-corrected chi connectivity index (χ0v) is 8.31. The number of hydrogen-bond acceptors (Lipinski definition) is 1. The molecule has 78 valence electrons. The molecule has 0 radical (unpaired) electrons. The molecule has 0 bridgehead atoms. The van der Waals surface area contributed by atoms with Gasteiger partial charge in [-0.15, -0.1) is 6.58 Å². The first-order valence-electron chi connectivity index (χ1n) is 3.88. The molecule has 4 heteroatoms. The Labute approximate surface area is 85.8 Å². The summed E-state index contributed by atoms with van der Waals surface area (Å²) in [6.45, 7) is 3.14. The highest BCUT2D eigenvalue weighted by atomic mass is 32.2. The van der Waals surface area contributed by atoms with Gasteiger partial charge in [0.25, 0.3) is 0 Å². The topological polar surface area (TPSA) is 0 Å². The van der Waals surface area contributed by atoms with Crippen LogP contribution < -0.4 is 0 Å². The number of benzene rings is 1. The van der Waals surface area contributed by atoms with Crippen LogP contribution in [-0.4, -0.2) is 11.3 Å². The molecule has 0 aromatic heterocycles. The second-order valence-corrected chi connectivity index (χ2v) is 3.29. The molecule has 0 fully saturated rings. The Morgan fingerprint density at radius 2 is 1.36 bits per heavy atom. The number of halogens is 3. The molecule has 0 aliphatic rings. The molecule has 0 aliphatic carbocycles. The molecule has 0 saturated carbocycles. The van der Waals surface area contributed by atoms with E-state index in [1.807, 2.05) is 36.4 Å². The molecule has 0 spiro atoms. The summed E-state index contributed by atoms with van der Waals surface area (Å²) in [4.78, 5) is 0. The summed E-state index contributed by atoms with van der Waals surface area (Å²) in [7, 11) is 0. The Balaban J connectivity index is 0.000000249. The number of hydrogen-bond donors (Lipinski definition) is 0. The van der Waals surface area contributed by atoms with Gasteiger partial charge in [-0.1, -0.05) is 42.5 Å². The molecular weight excluding hydrogens is 209 g/mol. The first-order chi connectivity index (χ1) is 6.56. The van der Waals surface area contributed by atoms with E-state index in [2.05, 4.69) is 6.58 Å². The Bertz CT molecular complexity index is 204. The predicted octanol–water partition coefficient (Wildman–Crippen LogP) is 4.11. The SMILES string of the molecule is C=CCSC(F)(F)F.c1ccccc1. The molecule has 0 saturated heterocycles. The van der Waals surface area contributed by atoms with Gasteiger partial charge in [-0.25, -0.2) is 0 Å². The van der Waals surface area contributed by atoms with Crippen molar-refractivity contribution in [3.8, 4) is 0 Å². The van der Waals surface area contributed by atoms with Crippen LogP contribution in [0, 0.1) is 0 Å². The minimum absolute atomic E-state index is 0.0660. The summed E-state index contributed by atoms with van der Waals surface area (Å²) in [6, 6.07) is 12.0. The lowest BCUT2D eigenvalue weighted by atomic mass is 10.4. The summed E-state index contributed by atoms with van der Waals surface area (Å²) in [5.74, 6) is -0.0660. The van der Waals surface area contributed by atoms with Crippen LogP contribution in [0.5, 0.6) is 0 Å². The van der Waals surface area contributed by atoms with Gasteiger partial charge in [0.05, 0.1) is 0 Å². The van der Waals surface area contributed by atoms with Crippen LogP contribution in [-0.2, 0) is 0 Å². The lowest BCUT2D eigenvalue weighted by Gasteiger charge is -2.00. The molecule has 14 heavy (non-hydrogen) atoms. The van der Waals surface area contributed by atoms with E-state index in [0.717, 1.165) is 0 Å². The van der Waals surface area contributed by atoms with E-state index in [9.17, 15) is 13.2 Å². The van der Waals surface area contributed by atoms with Gasteiger partial charge in [0.1, 0.15) is 0 Å². The number of thioether (sulfide) groups is 1. The predicted molar refractivity (Wildman–Crippen MR) is 55.2 cm³/mol. The Kier molecular flexibility index (Phi) is 7.02. The van der Waals surface area contributed by atoms with Crippen molar-refractivity contribution in [1.82, 2.24) is 0 Å². The van der Waals surface area contributed by atoms with Crippen LogP contribution in [0.25, 0.3) is 0 Å². The van der Waals surface area contributed by atoms with Crippen LogP contribution in [0.4, 0.5) is 13.2 Å². The van der Waals surface area contributed by atoms with Crippen LogP contribution >= 0.6 is 11.8 Å². The fraction of sp³-hybridized carbons (Fsp3) is 0.200. The molecule has 0 aliphatic heterocycles. The monoisotopic (exact) mass is 220 g/mol.